The van der Waals surface area contributed by atoms with Crippen LogP contribution in [0.5, 0.6) is 0 Å². The topological polar surface area (TPSA) is 152 Å². The van der Waals surface area contributed by atoms with E-state index >= 15 is 0 Å². The Kier molecular flexibility index (Phi) is 7.56. The zero-order valence-corrected chi connectivity index (χ0v) is 18.7. The molecule has 1 unspecified atom stereocenters. The van der Waals surface area contributed by atoms with Gasteiger partial charge in [0.15, 0.2) is 0 Å². The average molecular weight is 441 g/mol. The first kappa shape index (κ1) is 23.2. The lowest BCUT2D eigenvalue weighted by Crippen LogP contribution is -2.54. The van der Waals surface area contributed by atoms with Crippen LogP contribution in [0.25, 0.3) is 0 Å². The highest BCUT2D eigenvalue weighted by Gasteiger charge is 2.30. The molecule has 3 aliphatic rings. The average Bonchev–Trinajstić information content (AvgIpc) is 2.66. The smallest absolute Gasteiger partial charge is 0.232 e. The van der Waals surface area contributed by atoms with E-state index in [1.807, 2.05) is 0 Å². The van der Waals surface area contributed by atoms with Gasteiger partial charge in [0.05, 0.1) is 0 Å². The highest BCUT2D eigenvalue weighted by atomic mass is 35.5. The van der Waals surface area contributed by atoms with E-state index in [4.69, 9.17) is 37.9 Å². The molecule has 0 spiro atoms. The van der Waals surface area contributed by atoms with Gasteiger partial charge in [-0.05, 0) is 39.0 Å². The molecule has 170 valence electrons. The van der Waals surface area contributed by atoms with E-state index in [9.17, 15) is 0 Å². The maximum Gasteiger partial charge on any atom is 0.232 e. The van der Waals surface area contributed by atoms with Crippen LogP contribution in [0.4, 0.5) is 17.8 Å². The van der Waals surface area contributed by atoms with Crippen LogP contribution < -0.4 is 37.6 Å². The summed E-state index contributed by atoms with van der Waals surface area (Å²) in [6.07, 6.45) is 5.18. The minimum atomic E-state index is 0. The van der Waals surface area contributed by atoms with Crippen molar-refractivity contribution < 1.29 is 0 Å². The molecular weight excluding hydrogens is 404 g/mol. The second-order valence-electron chi connectivity index (χ2n) is 9.10. The molecule has 0 aliphatic carbocycles. The first-order chi connectivity index (χ1) is 13.9. The van der Waals surface area contributed by atoms with E-state index in [2.05, 4.69) is 21.6 Å². The number of nitrogens with zero attached hydrogens (tertiary/aromatic N) is 6. The van der Waals surface area contributed by atoms with Gasteiger partial charge in [-0.1, -0.05) is 0 Å². The van der Waals surface area contributed by atoms with Gasteiger partial charge in [-0.15, -0.1) is 12.4 Å². The van der Waals surface area contributed by atoms with Crippen LogP contribution in [0, 0.1) is 0 Å². The summed E-state index contributed by atoms with van der Waals surface area (Å²) < 4.78 is 0. The Hall–Kier alpha value is -1.46. The predicted molar refractivity (Wildman–Crippen MR) is 123 cm³/mol. The van der Waals surface area contributed by atoms with E-state index in [1.165, 1.54) is 6.42 Å². The van der Waals surface area contributed by atoms with Crippen LogP contribution in [0.1, 0.15) is 39.0 Å². The van der Waals surface area contributed by atoms with Crippen molar-refractivity contribution in [3.05, 3.63) is 0 Å². The van der Waals surface area contributed by atoms with E-state index in [1.54, 1.807) is 0 Å². The Morgan fingerprint density at radius 2 is 1.13 bits per heavy atom. The Morgan fingerprint density at radius 1 is 0.700 bits per heavy atom. The van der Waals surface area contributed by atoms with E-state index in [0.717, 1.165) is 38.2 Å². The molecule has 0 amide bonds. The highest BCUT2D eigenvalue weighted by Crippen LogP contribution is 2.27. The Bertz CT molecular complexity index is 642. The van der Waals surface area contributed by atoms with Gasteiger partial charge in [0.25, 0.3) is 0 Å². The third-order valence-electron chi connectivity index (χ3n) is 6.26. The summed E-state index contributed by atoms with van der Waals surface area (Å²) in [5, 5.41) is 0. The molecule has 11 heteroatoms. The minimum absolute atomic E-state index is 0. The van der Waals surface area contributed by atoms with Crippen molar-refractivity contribution >= 4 is 30.3 Å². The maximum absolute atomic E-state index is 6.23. The first-order valence-electron chi connectivity index (χ1n) is 10.9. The molecule has 4 heterocycles. The van der Waals surface area contributed by atoms with Crippen LogP contribution in [-0.2, 0) is 0 Å². The van der Waals surface area contributed by atoms with Gasteiger partial charge < -0.3 is 37.6 Å². The van der Waals surface area contributed by atoms with Crippen LogP contribution >= 0.6 is 12.4 Å². The van der Waals surface area contributed by atoms with Crippen molar-refractivity contribution in [1.82, 2.24) is 15.0 Å². The van der Waals surface area contributed by atoms with Gasteiger partial charge in [-0.25, -0.2) is 0 Å². The zero-order valence-electron chi connectivity index (χ0n) is 17.9. The molecule has 0 radical (unpaired) electrons. The number of halogens is 1. The molecule has 1 aromatic heterocycles. The largest absolute Gasteiger partial charge is 0.338 e. The number of hydrogen-bond acceptors (Lipinski definition) is 10. The van der Waals surface area contributed by atoms with Gasteiger partial charge in [0.1, 0.15) is 0 Å². The number of nitrogens with two attached hydrogens (primary N) is 4. The number of anilines is 3. The van der Waals surface area contributed by atoms with Crippen molar-refractivity contribution in [2.24, 2.45) is 22.9 Å². The molecule has 3 saturated heterocycles. The molecule has 0 aromatic carbocycles. The molecular formula is C19H37ClN10. The van der Waals surface area contributed by atoms with E-state index < -0.39 is 0 Å². The summed E-state index contributed by atoms with van der Waals surface area (Å²) in [7, 11) is 0. The molecule has 30 heavy (non-hydrogen) atoms. The number of aromatic nitrogens is 3. The molecule has 10 nitrogen and oxygen atoms in total. The fourth-order valence-corrected chi connectivity index (χ4v) is 4.83. The molecule has 0 bridgehead atoms. The van der Waals surface area contributed by atoms with Crippen molar-refractivity contribution in [3.63, 3.8) is 0 Å². The molecule has 4 rings (SSSR count). The van der Waals surface area contributed by atoms with E-state index in [0.29, 0.717) is 44.1 Å². The van der Waals surface area contributed by atoms with Gasteiger partial charge in [0, 0.05) is 62.9 Å². The van der Waals surface area contributed by atoms with E-state index in [-0.39, 0.29) is 36.6 Å². The second kappa shape index (κ2) is 9.78. The van der Waals surface area contributed by atoms with Gasteiger partial charge >= 0.3 is 0 Å². The summed E-state index contributed by atoms with van der Waals surface area (Å²) in [5.74, 6) is 2.04. The minimum Gasteiger partial charge on any atom is -0.338 e. The fourth-order valence-electron chi connectivity index (χ4n) is 4.83. The summed E-state index contributed by atoms with van der Waals surface area (Å²) in [6, 6.07) is 0.492. The normalized spacial score (nSPS) is 32.7. The Labute approximate surface area is 185 Å². The number of piperidine rings is 3. The molecule has 1 aromatic rings. The van der Waals surface area contributed by atoms with Gasteiger partial charge in [-0.2, -0.15) is 15.0 Å². The number of rotatable bonds is 3. The lowest BCUT2D eigenvalue weighted by molar-refractivity contribution is 0.438. The first-order valence-corrected chi connectivity index (χ1v) is 10.9. The van der Waals surface area contributed by atoms with Crippen LogP contribution in [0.2, 0.25) is 0 Å². The summed E-state index contributed by atoms with van der Waals surface area (Å²) in [4.78, 5) is 21.0. The Morgan fingerprint density at radius 3 is 1.57 bits per heavy atom. The lowest BCUT2D eigenvalue weighted by Gasteiger charge is -2.38. The van der Waals surface area contributed by atoms with Crippen LogP contribution in [0.3, 0.4) is 0 Å². The second-order valence-corrected chi connectivity index (χ2v) is 9.10. The molecule has 3 aliphatic heterocycles. The van der Waals surface area contributed by atoms with Crippen LogP contribution in [-0.4, -0.2) is 77.9 Å². The molecule has 5 atom stereocenters. The monoisotopic (exact) mass is 440 g/mol. The fraction of sp³-hybridized carbons (Fsp3) is 0.842. The quantitative estimate of drug-likeness (QED) is 0.479. The standard InChI is InChI=1S/C19H36N10.ClH/c1-12-4-2-3-5-29(12)19-25-17(27-8-13(20)6-14(21)9-27)24-18(26-19)28-10-15(22)7-16(23)11-28;/h12-16H,2-11,20-23H2,1H3;1H/t12?,13-,14+,15-,16+;. The highest BCUT2D eigenvalue weighted by molar-refractivity contribution is 5.85. The number of hydrogen-bond donors (Lipinski definition) is 4. The SMILES string of the molecule is CC1CCCCN1c1nc(N2C[C@H](N)C[C@H](N)C2)nc(N2C[C@H](N)C[C@H](N)C2)n1.Cl. The summed E-state index contributed by atoms with van der Waals surface area (Å²) in [5.41, 5.74) is 24.9. The van der Waals surface area contributed by atoms with Crippen LogP contribution in [0.15, 0.2) is 0 Å². The third-order valence-corrected chi connectivity index (χ3v) is 6.26. The molecule has 0 saturated carbocycles. The zero-order chi connectivity index (χ0) is 20.5. The van der Waals surface area contributed by atoms with Crippen molar-refractivity contribution in [2.75, 3.05) is 47.4 Å². The summed E-state index contributed by atoms with van der Waals surface area (Å²) >= 11 is 0. The van der Waals surface area contributed by atoms with Gasteiger partial charge in [0.2, 0.25) is 17.8 Å². The predicted octanol–water partition coefficient (Wildman–Crippen LogP) is -0.598. The third kappa shape index (κ3) is 5.23. The molecule has 8 N–H and O–H groups in total. The van der Waals surface area contributed by atoms with Crippen molar-refractivity contribution in [1.29, 1.82) is 0 Å². The van der Waals surface area contributed by atoms with Crippen molar-refractivity contribution in [3.8, 4) is 0 Å². The summed E-state index contributed by atoms with van der Waals surface area (Å²) in [6.45, 7) is 6.00. The molecule has 3 fully saturated rings. The maximum atomic E-state index is 6.23. The van der Waals surface area contributed by atoms with Crippen molar-refractivity contribution in [2.45, 2.75) is 69.2 Å². The Balaban J connectivity index is 0.00000256. The lowest BCUT2D eigenvalue weighted by atomic mass is 10.0. The van der Waals surface area contributed by atoms with Gasteiger partial charge in [-0.3, -0.25) is 0 Å².